The molecule has 0 radical (unpaired) electrons. The fourth-order valence-electron chi connectivity index (χ4n) is 2.24. The molecule has 20 heavy (non-hydrogen) atoms. The zero-order chi connectivity index (χ0) is 13.7. The van der Waals surface area contributed by atoms with Crippen LogP contribution in [0.4, 0.5) is 5.69 Å². The van der Waals surface area contributed by atoms with Crippen LogP contribution in [0.5, 0.6) is 0 Å². The highest BCUT2D eigenvalue weighted by Crippen LogP contribution is 2.16. The SMILES string of the molecule is Cl.O=C(CCN1CCC(C(=O)O)C1)Nc1ccccc1. The molecule has 0 spiro atoms. The lowest BCUT2D eigenvalue weighted by molar-refractivity contribution is -0.141. The quantitative estimate of drug-likeness (QED) is 0.870. The summed E-state index contributed by atoms with van der Waals surface area (Å²) in [7, 11) is 0. The first-order valence-electron chi connectivity index (χ1n) is 6.45. The van der Waals surface area contributed by atoms with E-state index < -0.39 is 5.97 Å². The molecule has 2 rings (SSSR count). The molecular weight excluding hydrogens is 280 g/mol. The van der Waals surface area contributed by atoms with Crippen molar-refractivity contribution in [3.05, 3.63) is 30.3 Å². The Balaban J connectivity index is 0.00000200. The highest BCUT2D eigenvalue weighted by atomic mass is 35.5. The number of hydrogen-bond donors (Lipinski definition) is 2. The van der Waals surface area contributed by atoms with Gasteiger partial charge in [0.05, 0.1) is 5.92 Å². The van der Waals surface area contributed by atoms with Gasteiger partial charge >= 0.3 is 5.97 Å². The molecule has 1 amide bonds. The number of anilines is 1. The minimum absolute atomic E-state index is 0. The lowest BCUT2D eigenvalue weighted by Crippen LogP contribution is -2.27. The van der Waals surface area contributed by atoms with Gasteiger partial charge in [0.2, 0.25) is 5.91 Å². The molecule has 1 atom stereocenters. The second kappa shape index (κ2) is 7.87. The number of nitrogens with zero attached hydrogens (tertiary/aromatic N) is 1. The lowest BCUT2D eigenvalue weighted by Gasteiger charge is -2.14. The van der Waals surface area contributed by atoms with Gasteiger partial charge in [-0.15, -0.1) is 12.4 Å². The average molecular weight is 299 g/mol. The Kier molecular flexibility index (Phi) is 6.48. The van der Waals surface area contributed by atoms with Crippen LogP contribution in [-0.4, -0.2) is 41.5 Å². The normalized spacial score (nSPS) is 18.3. The Morgan fingerprint density at radius 1 is 1.30 bits per heavy atom. The van der Waals surface area contributed by atoms with Crippen molar-refractivity contribution in [3.8, 4) is 0 Å². The number of halogens is 1. The fourth-order valence-corrected chi connectivity index (χ4v) is 2.24. The summed E-state index contributed by atoms with van der Waals surface area (Å²) >= 11 is 0. The summed E-state index contributed by atoms with van der Waals surface area (Å²) in [5, 5.41) is 11.7. The summed E-state index contributed by atoms with van der Waals surface area (Å²) in [5.74, 6) is -1.06. The van der Waals surface area contributed by atoms with Gasteiger partial charge in [-0.25, -0.2) is 0 Å². The third-order valence-corrected chi connectivity index (χ3v) is 3.33. The summed E-state index contributed by atoms with van der Waals surface area (Å²) in [6.07, 6.45) is 1.07. The topological polar surface area (TPSA) is 69.6 Å². The number of carbonyl (C=O) groups is 2. The number of carboxylic acids is 1. The molecule has 0 saturated carbocycles. The Labute approximate surface area is 124 Å². The molecule has 1 saturated heterocycles. The largest absolute Gasteiger partial charge is 0.481 e. The molecule has 1 aliphatic heterocycles. The molecule has 6 heteroatoms. The van der Waals surface area contributed by atoms with E-state index in [1.54, 1.807) is 0 Å². The molecule has 0 bridgehead atoms. The van der Waals surface area contributed by atoms with Gasteiger partial charge in [0.15, 0.2) is 0 Å². The standard InChI is InChI=1S/C14H18N2O3.ClH/c17-13(15-12-4-2-1-3-5-12)7-9-16-8-6-11(10-16)14(18)19;/h1-5,11H,6-10H2,(H,15,17)(H,18,19);1H. The first-order chi connectivity index (χ1) is 9.15. The Morgan fingerprint density at radius 3 is 2.60 bits per heavy atom. The van der Waals surface area contributed by atoms with Gasteiger partial charge in [0.1, 0.15) is 0 Å². The summed E-state index contributed by atoms with van der Waals surface area (Å²) in [5.41, 5.74) is 0.789. The van der Waals surface area contributed by atoms with Crippen LogP contribution < -0.4 is 5.32 Å². The Morgan fingerprint density at radius 2 is 2.00 bits per heavy atom. The van der Waals surface area contributed by atoms with Crippen molar-refractivity contribution < 1.29 is 14.7 Å². The molecule has 1 heterocycles. The van der Waals surface area contributed by atoms with Crippen molar-refractivity contribution in [3.63, 3.8) is 0 Å². The molecule has 1 aliphatic rings. The second-order valence-electron chi connectivity index (χ2n) is 4.79. The first kappa shape index (κ1) is 16.5. The van der Waals surface area contributed by atoms with Crippen LogP contribution in [0.25, 0.3) is 0 Å². The van der Waals surface area contributed by atoms with Crippen LogP contribution in [0.3, 0.4) is 0 Å². The van der Waals surface area contributed by atoms with Crippen LogP contribution in [-0.2, 0) is 9.59 Å². The van der Waals surface area contributed by atoms with E-state index in [-0.39, 0.29) is 24.2 Å². The van der Waals surface area contributed by atoms with Crippen molar-refractivity contribution in [1.29, 1.82) is 0 Å². The fraction of sp³-hybridized carbons (Fsp3) is 0.429. The van der Waals surface area contributed by atoms with Crippen LogP contribution in [0.2, 0.25) is 0 Å². The van der Waals surface area contributed by atoms with E-state index in [4.69, 9.17) is 5.11 Å². The van der Waals surface area contributed by atoms with Gasteiger partial charge in [0.25, 0.3) is 0 Å². The van der Waals surface area contributed by atoms with Crippen molar-refractivity contribution in [2.75, 3.05) is 25.0 Å². The molecule has 0 aliphatic carbocycles. The third-order valence-electron chi connectivity index (χ3n) is 3.33. The number of carboxylic acid groups (broad SMARTS) is 1. The first-order valence-corrected chi connectivity index (χ1v) is 6.45. The predicted octanol–water partition coefficient (Wildman–Crippen LogP) is 1.84. The van der Waals surface area contributed by atoms with Gasteiger partial charge in [-0.3, -0.25) is 9.59 Å². The molecule has 2 N–H and O–H groups in total. The number of nitrogens with one attached hydrogen (secondary N) is 1. The van der Waals surface area contributed by atoms with Crippen LogP contribution in [0.1, 0.15) is 12.8 Å². The molecular formula is C14H19ClN2O3. The number of para-hydroxylation sites is 1. The average Bonchev–Trinajstić information content (AvgIpc) is 2.86. The maximum Gasteiger partial charge on any atom is 0.307 e. The van der Waals surface area contributed by atoms with E-state index in [9.17, 15) is 9.59 Å². The number of aliphatic carboxylic acids is 1. The van der Waals surface area contributed by atoms with Crippen molar-refractivity contribution >= 4 is 30.0 Å². The van der Waals surface area contributed by atoms with Crippen molar-refractivity contribution in [2.24, 2.45) is 5.92 Å². The summed E-state index contributed by atoms with van der Waals surface area (Å²) < 4.78 is 0. The number of rotatable bonds is 5. The monoisotopic (exact) mass is 298 g/mol. The zero-order valence-corrected chi connectivity index (χ0v) is 11.9. The van der Waals surface area contributed by atoms with Gasteiger partial charge < -0.3 is 15.3 Å². The van der Waals surface area contributed by atoms with E-state index in [1.165, 1.54) is 0 Å². The predicted molar refractivity (Wildman–Crippen MR) is 79.1 cm³/mol. The third kappa shape index (κ3) is 4.83. The zero-order valence-electron chi connectivity index (χ0n) is 11.1. The van der Waals surface area contributed by atoms with Crippen LogP contribution >= 0.6 is 12.4 Å². The van der Waals surface area contributed by atoms with Gasteiger partial charge in [-0.1, -0.05) is 18.2 Å². The van der Waals surface area contributed by atoms with Crippen molar-refractivity contribution in [2.45, 2.75) is 12.8 Å². The lowest BCUT2D eigenvalue weighted by atomic mass is 10.1. The minimum atomic E-state index is -0.740. The highest BCUT2D eigenvalue weighted by Gasteiger charge is 2.27. The Hall–Kier alpha value is -1.59. The van der Waals surface area contributed by atoms with Gasteiger partial charge in [0, 0.05) is 25.2 Å². The smallest absolute Gasteiger partial charge is 0.307 e. The van der Waals surface area contributed by atoms with Crippen molar-refractivity contribution in [1.82, 2.24) is 4.90 Å². The van der Waals surface area contributed by atoms with Gasteiger partial charge in [-0.2, -0.15) is 0 Å². The second-order valence-corrected chi connectivity index (χ2v) is 4.79. The molecule has 0 aromatic heterocycles. The number of benzene rings is 1. The molecule has 110 valence electrons. The van der Waals surface area contributed by atoms with Crippen LogP contribution in [0.15, 0.2) is 30.3 Å². The summed E-state index contributed by atoms with van der Waals surface area (Å²) in [6.45, 7) is 1.92. The van der Waals surface area contributed by atoms with E-state index in [0.29, 0.717) is 25.9 Å². The number of hydrogen-bond acceptors (Lipinski definition) is 3. The maximum absolute atomic E-state index is 11.7. The van der Waals surface area contributed by atoms with Gasteiger partial charge in [-0.05, 0) is 25.1 Å². The minimum Gasteiger partial charge on any atom is -0.481 e. The van der Waals surface area contributed by atoms with E-state index >= 15 is 0 Å². The maximum atomic E-state index is 11.7. The molecule has 1 aromatic carbocycles. The van der Waals surface area contributed by atoms with E-state index in [2.05, 4.69) is 5.32 Å². The Bertz CT molecular complexity index is 453. The van der Waals surface area contributed by atoms with E-state index in [1.807, 2.05) is 35.2 Å². The highest BCUT2D eigenvalue weighted by molar-refractivity contribution is 5.90. The summed E-state index contributed by atoms with van der Waals surface area (Å²) in [6, 6.07) is 9.31. The summed E-state index contributed by atoms with van der Waals surface area (Å²) in [4.78, 5) is 24.6. The van der Waals surface area contributed by atoms with Crippen LogP contribution in [0, 0.1) is 5.92 Å². The van der Waals surface area contributed by atoms with E-state index in [0.717, 1.165) is 12.2 Å². The number of likely N-dealkylation sites (tertiary alicyclic amines) is 1. The molecule has 1 fully saturated rings. The molecule has 1 unspecified atom stereocenters. The molecule has 5 nitrogen and oxygen atoms in total. The molecule has 1 aromatic rings. The number of carbonyl (C=O) groups excluding carboxylic acids is 1. The number of amides is 1.